The second-order valence-electron chi connectivity index (χ2n) is 5.96. The molecule has 0 aromatic carbocycles. The van der Waals surface area contributed by atoms with Gasteiger partial charge in [-0.2, -0.15) is 4.98 Å². The number of anilines is 2. The van der Waals surface area contributed by atoms with Crippen molar-refractivity contribution < 1.29 is 4.92 Å². The van der Waals surface area contributed by atoms with E-state index in [2.05, 4.69) is 20.6 Å². The lowest BCUT2D eigenvalue weighted by Gasteiger charge is -2.19. The van der Waals surface area contributed by atoms with Crippen LogP contribution in [0.4, 0.5) is 17.5 Å². The standard InChI is InChI=1S/C14H21N5O2/c1-3-15-14-16-8(2)12(19(20)21)13(18-14)17-11(9-4-5-9)10-6-7-10/h9-11H,3-7H2,1-2H3,(H2,15,16,17,18). The van der Waals surface area contributed by atoms with Gasteiger partial charge in [-0.25, -0.2) is 4.98 Å². The highest BCUT2D eigenvalue weighted by molar-refractivity contribution is 5.61. The summed E-state index contributed by atoms with van der Waals surface area (Å²) in [5, 5.41) is 17.7. The first-order valence-corrected chi connectivity index (χ1v) is 7.63. The van der Waals surface area contributed by atoms with E-state index in [1.807, 2.05) is 6.92 Å². The SMILES string of the molecule is CCNc1nc(C)c([N+](=O)[O-])c(NC(C2CC2)C2CC2)n1. The van der Waals surface area contributed by atoms with Crippen molar-refractivity contribution in [2.75, 3.05) is 17.2 Å². The van der Waals surface area contributed by atoms with Crippen LogP contribution in [0.2, 0.25) is 0 Å². The van der Waals surface area contributed by atoms with Crippen molar-refractivity contribution in [1.82, 2.24) is 9.97 Å². The topological polar surface area (TPSA) is 93.0 Å². The molecule has 0 atom stereocenters. The molecule has 1 aromatic rings. The second-order valence-corrected chi connectivity index (χ2v) is 5.96. The van der Waals surface area contributed by atoms with E-state index in [4.69, 9.17) is 0 Å². The molecule has 21 heavy (non-hydrogen) atoms. The maximum atomic E-state index is 11.3. The monoisotopic (exact) mass is 291 g/mol. The molecular formula is C14H21N5O2. The molecule has 2 aliphatic rings. The number of nitrogens with zero attached hydrogens (tertiary/aromatic N) is 3. The normalized spacial score (nSPS) is 17.9. The van der Waals surface area contributed by atoms with Crippen LogP contribution in [0.3, 0.4) is 0 Å². The van der Waals surface area contributed by atoms with Crippen molar-refractivity contribution in [3.63, 3.8) is 0 Å². The number of nitrogens with one attached hydrogen (secondary N) is 2. The molecule has 1 aromatic heterocycles. The Morgan fingerprint density at radius 1 is 1.29 bits per heavy atom. The number of aromatic nitrogens is 2. The number of rotatable bonds is 7. The van der Waals surface area contributed by atoms with Gasteiger partial charge in [0, 0.05) is 12.6 Å². The molecule has 1 heterocycles. The highest BCUT2D eigenvalue weighted by Gasteiger charge is 2.42. The summed E-state index contributed by atoms with van der Waals surface area (Å²) in [6, 6.07) is 0.326. The summed E-state index contributed by atoms with van der Waals surface area (Å²) in [5.41, 5.74) is 0.404. The summed E-state index contributed by atoms with van der Waals surface area (Å²) >= 11 is 0. The van der Waals surface area contributed by atoms with E-state index >= 15 is 0 Å². The quantitative estimate of drug-likeness (QED) is 0.592. The lowest BCUT2D eigenvalue weighted by atomic mass is 10.1. The third kappa shape index (κ3) is 3.06. The van der Waals surface area contributed by atoms with Crippen LogP contribution in [0, 0.1) is 28.9 Å². The Kier molecular flexibility index (Phi) is 3.65. The van der Waals surface area contributed by atoms with E-state index in [1.54, 1.807) is 6.92 Å². The van der Waals surface area contributed by atoms with E-state index in [0.717, 1.165) is 0 Å². The van der Waals surface area contributed by atoms with Crippen LogP contribution in [0.5, 0.6) is 0 Å². The summed E-state index contributed by atoms with van der Waals surface area (Å²) in [6.07, 6.45) is 4.86. The van der Waals surface area contributed by atoms with Gasteiger partial charge in [-0.1, -0.05) is 0 Å². The Balaban J connectivity index is 1.91. The number of aryl methyl sites for hydroxylation is 1. The van der Waals surface area contributed by atoms with Crippen molar-refractivity contribution in [1.29, 1.82) is 0 Å². The maximum Gasteiger partial charge on any atom is 0.332 e. The van der Waals surface area contributed by atoms with Crippen LogP contribution in [0.25, 0.3) is 0 Å². The third-order valence-electron chi connectivity index (χ3n) is 4.14. The lowest BCUT2D eigenvalue weighted by molar-refractivity contribution is -0.385. The number of hydrogen-bond donors (Lipinski definition) is 2. The zero-order valence-electron chi connectivity index (χ0n) is 12.4. The fourth-order valence-corrected chi connectivity index (χ4v) is 2.81. The van der Waals surface area contributed by atoms with E-state index in [0.29, 0.717) is 41.9 Å². The molecule has 7 nitrogen and oxygen atoms in total. The molecule has 0 saturated heterocycles. The van der Waals surface area contributed by atoms with E-state index < -0.39 is 0 Å². The van der Waals surface area contributed by atoms with Gasteiger partial charge in [-0.3, -0.25) is 10.1 Å². The average molecular weight is 291 g/mol. The minimum Gasteiger partial charge on any atom is -0.361 e. The van der Waals surface area contributed by atoms with Crippen molar-refractivity contribution in [2.24, 2.45) is 11.8 Å². The third-order valence-corrected chi connectivity index (χ3v) is 4.14. The van der Waals surface area contributed by atoms with Crippen LogP contribution < -0.4 is 10.6 Å². The van der Waals surface area contributed by atoms with Crippen molar-refractivity contribution in [3.8, 4) is 0 Å². The van der Waals surface area contributed by atoms with Gasteiger partial charge in [0.25, 0.3) is 0 Å². The first-order chi connectivity index (χ1) is 10.1. The van der Waals surface area contributed by atoms with Crippen molar-refractivity contribution in [3.05, 3.63) is 15.8 Å². The summed E-state index contributed by atoms with van der Waals surface area (Å²) in [5.74, 6) is 2.12. The fourth-order valence-electron chi connectivity index (χ4n) is 2.81. The molecule has 7 heteroatoms. The highest BCUT2D eigenvalue weighted by atomic mass is 16.6. The molecule has 2 fully saturated rings. The first kappa shape index (κ1) is 14.0. The largest absolute Gasteiger partial charge is 0.361 e. The molecule has 3 rings (SSSR count). The van der Waals surface area contributed by atoms with Gasteiger partial charge in [0.15, 0.2) is 0 Å². The zero-order chi connectivity index (χ0) is 15.0. The summed E-state index contributed by atoms with van der Waals surface area (Å²) in [4.78, 5) is 19.4. The predicted octanol–water partition coefficient (Wildman–Crippen LogP) is 2.73. The molecule has 0 amide bonds. The van der Waals surface area contributed by atoms with Crippen molar-refractivity contribution >= 4 is 17.5 Å². The molecule has 2 aliphatic carbocycles. The maximum absolute atomic E-state index is 11.3. The van der Waals surface area contributed by atoms with Gasteiger partial charge in [-0.15, -0.1) is 0 Å². The van der Waals surface area contributed by atoms with Gasteiger partial charge in [-0.05, 0) is 51.4 Å². The molecule has 0 radical (unpaired) electrons. The smallest absolute Gasteiger partial charge is 0.332 e. The Hall–Kier alpha value is -1.92. The van der Waals surface area contributed by atoms with Gasteiger partial charge >= 0.3 is 5.69 Å². The number of nitro groups is 1. The molecule has 0 aliphatic heterocycles. The summed E-state index contributed by atoms with van der Waals surface area (Å²) in [6.45, 7) is 4.30. The van der Waals surface area contributed by atoms with Gasteiger partial charge < -0.3 is 10.6 Å². The van der Waals surface area contributed by atoms with Crippen LogP contribution >= 0.6 is 0 Å². The Morgan fingerprint density at radius 3 is 2.38 bits per heavy atom. The Bertz CT molecular complexity index is 543. The molecule has 114 valence electrons. The molecule has 0 unspecified atom stereocenters. The van der Waals surface area contributed by atoms with E-state index in [9.17, 15) is 10.1 Å². The van der Waals surface area contributed by atoms with E-state index in [1.165, 1.54) is 25.7 Å². The van der Waals surface area contributed by atoms with Gasteiger partial charge in [0.2, 0.25) is 11.8 Å². The van der Waals surface area contributed by atoms with E-state index in [-0.39, 0.29) is 10.6 Å². The first-order valence-electron chi connectivity index (χ1n) is 7.63. The predicted molar refractivity (Wildman–Crippen MR) is 80.4 cm³/mol. The van der Waals surface area contributed by atoms with Crippen molar-refractivity contribution in [2.45, 2.75) is 45.6 Å². The minimum absolute atomic E-state index is 0.00273. The second kappa shape index (κ2) is 5.46. The molecule has 0 bridgehead atoms. The summed E-state index contributed by atoms with van der Waals surface area (Å²) in [7, 11) is 0. The summed E-state index contributed by atoms with van der Waals surface area (Å²) < 4.78 is 0. The van der Waals surface area contributed by atoms with Gasteiger partial charge in [0.05, 0.1) is 4.92 Å². The molecular weight excluding hydrogens is 270 g/mol. The fraction of sp³-hybridized carbons (Fsp3) is 0.714. The van der Waals surface area contributed by atoms with Crippen LogP contribution in [0.1, 0.15) is 38.3 Å². The number of hydrogen-bond acceptors (Lipinski definition) is 6. The molecule has 2 saturated carbocycles. The Morgan fingerprint density at radius 2 is 1.90 bits per heavy atom. The van der Waals surface area contributed by atoms with Crippen LogP contribution in [-0.4, -0.2) is 27.5 Å². The van der Waals surface area contributed by atoms with Crippen LogP contribution in [-0.2, 0) is 0 Å². The molecule has 0 spiro atoms. The Labute approximate surface area is 123 Å². The van der Waals surface area contributed by atoms with Crippen LogP contribution in [0.15, 0.2) is 0 Å². The zero-order valence-corrected chi connectivity index (χ0v) is 12.4. The average Bonchev–Trinajstić information content (AvgIpc) is 3.27. The minimum atomic E-state index is -0.385. The highest BCUT2D eigenvalue weighted by Crippen LogP contribution is 2.46. The lowest BCUT2D eigenvalue weighted by Crippen LogP contribution is -2.26. The van der Waals surface area contributed by atoms with Gasteiger partial charge in [0.1, 0.15) is 5.69 Å². The molecule has 2 N–H and O–H groups in total.